The topological polar surface area (TPSA) is 12.9 Å². The summed E-state index contributed by atoms with van der Waals surface area (Å²) in [4.78, 5) is 4.04. The van der Waals surface area contributed by atoms with Crippen LogP contribution in [0.2, 0.25) is 0 Å². The third kappa shape index (κ3) is 2.78. The van der Waals surface area contributed by atoms with Gasteiger partial charge < -0.3 is 0 Å². The molecule has 0 N–H and O–H groups in total. The molecular weight excluding hydrogens is 214 g/mol. The predicted molar refractivity (Wildman–Crippen MR) is 56.3 cm³/mol. The van der Waals surface area contributed by atoms with Crippen molar-refractivity contribution in [2.45, 2.75) is 12.8 Å². The smallest absolute Gasteiger partial charge is 0.0342 e. The third-order valence-electron chi connectivity index (χ3n) is 1.68. The van der Waals surface area contributed by atoms with Crippen LogP contribution in [0.3, 0.4) is 0 Å². The second-order valence-corrected chi connectivity index (χ2v) is 3.43. The minimum atomic E-state index is 1.03. The average molecular weight is 226 g/mol. The summed E-state index contributed by atoms with van der Waals surface area (Å²) in [6.07, 6.45) is 5.81. The number of rotatable bonds is 4. The second-order valence-electron chi connectivity index (χ2n) is 2.64. The van der Waals surface area contributed by atoms with E-state index in [-0.39, 0.29) is 0 Å². The van der Waals surface area contributed by atoms with Crippen LogP contribution >= 0.6 is 15.9 Å². The van der Waals surface area contributed by atoms with E-state index in [0.717, 1.165) is 23.7 Å². The molecule has 0 spiro atoms. The maximum atomic E-state index is 4.04. The molecule has 0 amide bonds. The van der Waals surface area contributed by atoms with E-state index in [1.807, 2.05) is 18.3 Å². The van der Waals surface area contributed by atoms with Gasteiger partial charge in [0.2, 0.25) is 0 Å². The Morgan fingerprint density at radius 3 is 3.00 bits per heavy atom. The van der Waals surface area contributed by atoms with E-state index >= 15 is 0 Å². The fourth-order valence-corrected chi connectivity index (χ4v) is 1.28. The lowest BCUT2D eigenvalue weighted by molar-refractivity contribution is 0.994. The van der Waals surface area contributed by atoms with Crippen LogP contribution in [0.5, 0.6) is 0 Å². The van der Waals surface area contributed by atoms with Crippen molar-refractivity contribution in [1.29, 1.82) is 0 Å². The Morgan fingerprint density at radius 1 is 1.58 bits per heavy atom. The van der Waals surface area contributed by atoms with Gasteiger partial charge in [0.1, 0.15) is 0 Å². The van der Waals surface area contributed by atoms with Crippen molar-refractivity contribution in [3.63, 3.8) is 0 Å². The largest absolute Gasteiger partial charge is 0.264 e. The van der Waals surface area contributed by atoms with Gasteiger partial charge in [-0.25, -0.2) is 0 Å². The van der Waals surface area contributed by atoms with Gasteiger partial charge >= 0.3 is 0 Å². The molecular formula is C10H12BrN. The highest BCUT2D eigenvalue weighted by molar-refractivity contribution is 9.09. The molecule has 12 heavy (non-hydrogen) atoms. The van der Waals surface area contributed by atoms with Crippen LogP contribution in [-0.4, -0.2) is 10.3 Å². The van der Waals surface area contributed by atoms with E-state index in [2.05, 4.69) is 27.5 Å². The molecule has 0 aliphatic rings. The summed E-state index contributed by atoms with van der Waals surface area (Å²) in [7, 11) is 0. The molecule has 1 nitrogen and oxygen atoms in total. The average Bonchev–Trinajstić information content (AvgIpc) is 2.15. The lowest BCUT2D eigenvalue weighted by Gasteiger charge is -2.02. The molecule has 1 aromatic heterocycles. The molecule has 0 saturated carbocycles. The van der Waals surface area contributed by atoms with E-state index in [9.17, 15) is 0 Å². The molecule has 64 valence electrons. The summed E-state index contributed by atoms with van der Waals surface area (Å²) in [5, 5.41) is 1.03. The van der Waals surface area contributed by atoms with Crippen LogP contribution in [0.15, 0.2) is 31.1 Å². The van der Waals surface area contributed by atoms with Crippen LogP contribution in [0.4, 0.5) is 0 Å². The van der Waals surface area contributed by atoms with Gasteiger partial charge in [0.25, 0.3) is 0 Å². The third-order valence-corrected chi connectivity index (χ3v) is 2.24. The molecule has 0 aliphatic heterocycles. The van der Waals surface area contributed by atoms with Gasteiger partial charge in [-0.2, -0.15) is 0 Å². The van der Waals surface area contributed by atoms with Crippen LogP contribution in [0.1, 0.15) is 18.4 Å². The normalized spacial score (nSPS) is 9.75. The van der Waals surface area contributed by atoms with Crippen LogP contribution in [0, 0.1) is 0 Å². The van der Waals surface area contributed by atoms with E-state index in [1.54, 1.807) is 6.20 Å². The van der Waals surface area contributed by atoms with Gasteiger partial charge in [-0.15, -0.1) is 0 Å². The van der Waals surface area contributed by atoms with Crippen molar-refractivity contribution in [2.75, 3.05) is 5.33 Å². The summed E-state index contributed by atoms with van der Waals surface area (Å²) in [6, 6.07) is 3.98. The number of aromatic nitrogens is 1. The Morgan fingerprint density at radius 2 is 2.42 bits per heavy atom. The number of nitrogens with zero attached hydrogens (tertiary/aromatic N) is 1. The van der Waals surface area contributed by atoms with Crippen molar-refractivity contribution in [2.24, 2.45) is 0 Å². The second kappa shape index (κ2) is 5.09. The Bertz CT molecular complexity index is 243. The Labute approximate surface area is 81.7 Å². The Balaban J connectivity index is 2.54. The molecule has 0 aliphatic carbocycles. The van der Waals surface area contributed by atoms with Crippen molar-refractivity contribution >= 4 is 21.5 Å². The molecule has 2 heteroatoms. The lowest BCUT2D eigenvalue weighted by Crippen LogP contribution is -1.84. The van der Waals surface area contributed by atoms with Gasteiger partial charge in [-0.05, 0) is 30.0 Å². The molecule has 0 atom stereocenters. The molecule has 1 rings (SSSR count). The van der Waals surface area contributed by atoms with Crippen molar-refractivity contribution < 1.29 is 0 Å². The first kappa shape index (κ1) is 9.46. The molecule has 1 aromatic rings. The van der Waals surface area contributed by atoms with Crippen LogP contribution < -0.4 is 0 Å². The highest BCUT2D eigenvalue weighted by atomic mass is 79.9. The highest BCUT2D eigenvalue weighted by Gasteiger charge is 1.96. The number of hydrogen-bond donors (Lipinski definition) is 0. The summed E-state index contributed by atoms with van der Waals surface area (Å²) in [6.45, 7) is 4.00. The van der Waals surface area contributed by atoms with Crippen LogP contribution in [0.25, 0.3) is 5.57 Å². The quantitative estimate of drug-likeness (QED) is 0.718. The van der Waals surface area contributed by atoms with Crippen molar-refractivity contribution in [3.05, 3.63) is 36.7 Å². The first-order valence-electron chi connectivity index (χ1n) is 3.98. The number of alkyl halides is 1. The first-order chi connectivity index (χ1) is 5.84. The Hall–Kier alpha value is -0.630. The zero-order chi connectivity index (χ0) is 8.81. The number of hydrogen-bond acceptors (Lipinski definition) is 1. The molecule has 1 heterocycles. The maximum absolute atomic E-state index is 4.04. The SMILES string of the molecule is C=C(CCCBr)c1cccnc1. The number of pyridine rings is 1. The zero-order valence-electron chi connectivity index (χ0n) is 6.96. The first-order valence-corrected chi connectivity index (χ1v) is 5.11. The summed E-state index contributed by atoms with van der Waals surface area (Å²) in [5.74, 6) is 0. The predicted octanol–water partition coefficient (Wildman–Crippen LogP) is 3.27. The fraction of sp³-hybridized carbons (Fsp3) is 0.300. The fourth-order valence-electron chi connectivity index (χ4n) is 0.996. The lowest BCUT2D eigenvalue weighted by atomic mass is 10.1. The molecule has 0 radical (unpaired) electrons. The summed E-state index contributed by atoms with van der Waals surface area (Å²) < 4.78 is 0. The standard InChI is InChI=1S/C10H12BrN/c1-9(4-2-6-11)10-5-3-7-12-8-10/h3,5,7-8H,1-2,4,6H2. The van der Waals surface area contributed by atoms with Crippen molar-refractivity contribution in [1.82, 2.24) is 4.98 Å². The minimum Gasteiger partial charge on any atom is -0.264 e. The maximum Gasteiger partial charge on any atom is 0.0342 e. The van der Waals surface area contributed by atoms with E-state index in [0.29, 0.717) is 0 Å². The van der Waals surface area contributed by atoms with Gasteiger partial charge in [0.15, 0.2) is 0 Å². The highest BCUT2D eigenvalue weighted by Crippen LogP contribution is 2.16. The van der Waals surface area contributed by atoms with Gasteiger partial charge in [0, 0.05) is 17.7 Å². The van der Waals surface area contributed by atoms with E-state index in [1.165, 1.54) is 5.57 Å². The van der Waals surface area contributed by atoms with Gasteiger partial charge in [-0.1, -0.05) is 28.6 Å². The van der Waals surface area contributed by atoms with Crippen molar-refractivity contribution in [3.8, 4) is 0 Å². The van der Waals surface area contributed by atoms with E-state index in [4.69, 9.17) is 0 Å². The van der Waals surface area contributed by atoms with Gasteiger partial charge in [-0.3, -0.25) is 4.98 Å². The molecule has 0 aromatic carbocycles. The Kier molecular flexibility index (Phi) is 4.01. The van der Waals surface area contributed by atoms with Crippen LogP contribution in [-0.2, 0) is 0 Å². The molecule has 0 saturated heterocycles. The molecule has 0 unspecified atom stereocenters. The monoisotopic (exact) mass is 225 g/mol. The van der Waals surface area contributed by atoms with Gasteiger partial charge in [0.05, 0.1) is 0 Å². The molecule has 0 bridgehead atoms. The zero-order valence-corrected chi connectivity index (χ0v) is 8.55. The number of halogens is 1. The minimum absolute atomic E-state index is 1.03. The number of allylic oxidation sites excluding steroid dienone is 1. The van der Waals surface area contributed by atoms with E-state index < -0.39 is 0 Å². The summed E-state index contributed by atoms with van der Waals surface area (Å²) >= 11 is 3.39. The molecule has 0 fully saturated rings. The summed E-state index contributed by atoms with van der Waals surface area (Å²) in [5.41, 5.74) is 2.32.